The van der Waals surface area contributed by atoms with Crippen LogP contribution in [0.15, 0.2) is 33.5 Å². The predicted molar refractivity (Wildman–Crippen MR) is 85.5 cm³/mol. The first kappa shape index (κ1) is 17.2. The SMILES string of the molecule is Cc1cc(=O)oc(C)c1C(=O)OCC(=O)c1ccc(Cl)cc1Cl. The zero-order valence-electron chi connectivity index (χ0n) is 12.3. The van der Waals surface area contributed by atoms with E-state index in [1.54, 1.807) is 6.92 Å². The van der Waals surface area contributed by atoms with E-state index >= 15 is 0 Å². The van der Waals surface area contributed by atoms with Crippen LogP contribution in [0.25, 0.3) is 0 Å². The van der Waals surface area contributed by atoms with Crippen molar-refractivity contribution in [2.75, 3.05) is 6.61 Å². The number of ketones is 1. The average molecular weight is 355 g/mol. The molecule has 0 N–H and O–H groups in total. The first-order valence-electron chi connectivity index (χ1n) is 6.56. The molecule has 2 aromatic rings. The fourth-order valence-electron chi connectivity index (χ4n) is 2.06. The summed E-state index contributed by atoms with van der Waals surface area (Å²) >= 11 is 11.7. The van der Waals surface area contributed by atoms with E-state index < -0.39 is 24.0 Å². The lowest BCUT2D eigenvalue weighted by atomic mass is 10.1. The number of rotatable bonds is 4. The summed E-state index contributed by atoms with van der Waals surface area (Å²) in [6, 6.07) is 5.58. The Kier molecular flexibility index (Phi) is 5.23. The minimum atomic E-state index is -0.748. The van der Waals surface area contributed by atoms with Gasteiger partial charge in [-0.1, -0.05) is 23.2 Å². The zero-order valence-corrected chi connectivity index (χ0v) is 13.8. The summed E-state index contributed by atoms with van der Waals surface area (Å²) in [5, 5.41) is 0.575. The van der Waals surface area contributed by atoms with Crippen LogP contribution in [0.2, 0.25) is 10.0 Å². The molecule has 1 aromatic carbocycles. The zero-order chi connectivity index (χ0) is 17.1. The number of carbonyl (C=O) groups is 2. The van der Waals surface area contributed by atoms with Gasteiger partial charge >= 0.3 is 11.6 Å². The van der Waals surface area contributed by atoms with Crippen LogP contribution < -0.4 is 5.63 Å². The number of halogens is 2. The molecule has 2 rings (SSSR count). The van der Waals surface area contributed by atoms with Crippen molar-refractivity contribution in [1.82, 2.24) is 0 Å². The van der Waals surface area contributed by atoms with E-state index in [9.17, 15) is 14.4 Å². The molecule has 7 heteroatoms. The Bertz CT molecular complexity index is 813. The van der Waals surface area contributed by atoms with E-state index in [1.807, 2.05) is 0 Å². The number of esters is 1. The van der Waals surface area contributed by atoms with Crippen molar-refractivity contribution in [3.8, 4) is 0 Å². The standard InChI is InChI=1S/C16H12Cl2O5/c1-8-5-14(20)23-9(2)15(8)16(21)22-7-13(19)11-4-3-10(17)6-12(11)18/h3-6H,7H2,1-2H3. The van der Waals surface area contributed by atoms with Crippen molar-refractivity contribution >= 4 is 35.0 Å². The molecule has 23 heavy (non-hydrogen) atoms. The molecule has 5 nitrogen and oxygen atoms in total. The summed E-state index contributed by atoms with van der Waals surface area (Å²) in [5.74, 6) is -1.08. The summed E-state index contributed by atoms with van der Waals surface area (Å²) < 4.78 is 9.85. The highest BCUT2D eigenvalue weighted by atomic mass is 35.5. The molecule has 0 fully saturated rings. The van der Waals surface area contributed by atoms with Crippen LogP contribution in [-0.2, 0) is 4.74 Å². The van der Waals surface area contributed by atoms with Gasteiger partial charge in [0.25, 0.3) is 0 Å². The number of aryl methyl sites for hydroxylation is 2. The van der Waals surface area contributed by atoms with Crippen LogP contribution in [0, 0.1) is 13.8 Å². The Labute approximate surface area is 141 Å². The van der Waals surface area contributed by atoms with Crippen molar-refractivity contribution in [3.63, 3.8) is 0 Å². The molecule has 1 aromatic heterocycles. The lowest BCUT2D eigenvalue weighted by molar-refractivity contribution is 0.0470. The van der Waals surface area contributed by atoms with Crippen LogP contribution in [0.4, 0.5) is 0 Å². The fraction of sp³-hybridized carbons (Fsp3) is 0.188. The number of hydrogen-bond donors (Lipinski definition) is 0. The van der Waals surface area contributed by atoms with Crippen LogP contribution in [0.3, 0.4) is 0 Å². The van der Waals surface area contributed by atoms with Crippen molar-refractivity contribution in [2.45, 2.75) is 13.8 Å². The molecule has 0 aliphatic carbocycles. The van der Waals surface area contributed by atoms with Crippen LogP contribution in [0.5, 0.6) is 0 Å². The number of ether oxygens (including phenoxy) is 1. The summed E-state index contributed by atoms with van der Waals surface area (Å²) in [6.07, 6.45) is 0. The molecule has 0 amide bonds. The third-order valence-corrected chi connectivity index (χ3v) is 3.65. The second kappa shape index (κ2) is 6.98. The molecule has 0 bridgehead atoms. The van der Waals surface area contributed by atoms with E-state index in [1.165, 1.54) is 31.2 Å². The minimum Gasteiger partial charge on any atom is -0.454 e. The predicted octanol–water partition coefficient (Wildman–Crippen LogP) is 3.60. The summed E-state index contributed by atoms with van der Waals surface area (Å²) in [5.41, 5.74) is 0.192. The summed E-state index contributed by atoms with van der Waals surface area (Å²) in [7, 11) is 0. The highest BCUT2D eigenvalue weighted by molar-refractivity contribution is 6.36. The molecular weight excluding hydrogens is 343 g/mol. The second-order valence-corrected chi connectivity index (χ2v) is 5.65. The lowest BCUT2D eigenvalue weighted by Crippen LogP contribution is -2.17. The van der Waals surface area contributed by atoms with E-state index in [-0.39, 0.29) is 21.9 Å². The Morgan fingerprint density at radius 1 is 1.17 bits per heavy atom. The number of carbonyl (C=O) groups excluding carboxylic acids is 2. The van der Waals surface area contributed by atoms with Gasteiger partial charge in [0.2, 0.25) is 5.78 Å². The van der Waals surface area contributed by atoms with Gasteiger partial charge in [-0.15, -0.1) is 0 Å². The van der Waals surface area contributed by atoms with Crippen LogP contribution in [-0.4, -0.2) is 18.4 Å². The van der Waals surface area contributed by atoms with E-state index in [0.29, 0.717) is 10.6 Å². The maximum absolute atomic E-state index is 12.1. The summed E-state index contributed by atoms with van der Waals surface area (Å²) in [4.78, 5) is 35.3. The first-order chi connectivity index (χ1) is 10.8. The number of hydrogen-bond acceptors (Lipinski definition) is 5. The smallest absolute Gasteiger partial charge is 0.342 e. The first-order valence-corrected chi connectivity index (χ1v) is 7.32. The Morgan fingerprint density at radius 2 is 1.87 bits per heavy atom. The topological polar surface area (TPSA) is 73.6 Å². The van der Waals surface area contributed by atoms with Crippen molar-refractivity contribution in [1.29, 1.82) is 0 Å². The number of benzene rings is 1. The Balaban J connectivity index is 2.13. The van der Waals surface area contributed by atoms with Gasteiger partial charge in [-0.25, -0.2) is 9.59 Å². The van der Waals surface area contributed by atoms with E-state index in [4.69, 9.17) is 32.4 Å². The Morgan fingerprint density at radius 3 is 2.48 bits per heavy atom. The fourth-order valence-corrected chi connectivity index (χ4v) is 2.57. The molecule has 0 aliphatic rings. The molecule has 0 radical (unpaired) electrons. The molecule has 0 atom stereocenters. The van der Waals surface area contributed by atoms with Crippen molar-refractivity contribution in [2.24, 2.45) is 0 Å². The van der Waals surface area contributed by atoms with Gasteiger partial charge in [0.15, 0.2) is 6.61 Å². The molecule has 0 saturated carbocycles. The van der Waals surface area contributed by atoms with E-state index in [0.717, 1.165) is 0 Å². The third kappa shape index (κ3) is 4.00. The van der Waals surface area contributed by atoms with Gasteiger partial charge in [-0.2, -0.15) is 0 Å². The van der Waals surface area contributed by atoms with Crippen molar-refractivity contribution < 1.29 is 18.7 Å². The molecule has 0 aliphatic heterocycles. The quantitative estimate of drug-likeness (QED) is 0.619. The van der Waals surface area contributed by atoms with Gasteiger partial charge in [0, 0.05) is 16.7 Å². The highest BCUT2D eigenvalue weighted by Gasteiger charge is 2.19. The molecule has 0 saturated heterocycles. The van der Waals surface area contributed by atoms with Crippen LogP contribution in [0.1, 0.15) is 32.0 Å². The average Bonchev–Trinajstić information content (AvgIpc) is 2.43. The molecular formula is C16H12Cl2O5. The second-order valence-electron chi connectivity index (χ2n) is 4.80. The molecule has 120 valence electrons. The maximum atomic E-state index is 12.1. The lowest BCUT2D eigenvalue weighted by Gasteiger charge is -2.09. The van der Waals surface area contributed by atoms with Gasteiger partial charge in [-0.3, -0.25) is 4.79 Å². The molecule has 1 heterocycles. The molecule has 0 spiro atoms. The Hall–Kier alpha value is -2.11. The monoisotopic (exact) mass is 354 g/mol. The molecule has 0 unspecified atom stereocenters. The summed E-state index contributed by atoms with van der Waals surface area (Å²) in [6.45, 7) is 2.57. The van der Waals surface area contributed by atoms with Gasteiger partial charge in [-0.05, 0) is 37.6 Å². The van der Waals surface area contributed by atoms with Crippen LogP contribution >= 0.6 is 23.2 Å². The number of Topliss-reactive ketones (excluding diaryl/α,β-unsaturated/α-hetero) is 1. The van der Waals surface area contributed by atoms with Crippen molar-refractivity contribution in [3.05, 3.63) is 67.2 Å². The highest BCUT2D eigenvalue weighted by Crippen LogP contribution is 2.21. The largest absolute Gasteiger partial charge is 0.454 e. The minimum absolute atomic E-state index is 0.125. The van der Waals surface area contributed by atoms with Gasteiger partial charge < -0.3 is 9.15 Å². The third-order valence-electron chi connectivity index (χ3n) is 3.10. The van der Waals surface area contributed by atoms with Gasteiger partial charge in [0.05, 0.1) is 5.02 Å². The maximum Gasteiger partial charge on any atom is 0.342 e. The van der Waals surface area contributed by atoms with E-state index in [2.05, 4.69) is 0 Å². The normalized spacial score (nSPS) is 10.4. The van der Waals surface area contributed by atoms with Gasteiger partial charge in [0.1, 0.15) is 11.3 Å².